The minimum atomic E-state index is -0.756. The minimum absolute atomic E-state index is 0.0476. The lowest BCUT2D eigenvalue weighted by Gasteiger charge is -2.26. The van der Waals surface area contributed by atoms with Crippen LogP contribution in [0, 0.1) is 25.1 Å². The SMILES string of the molecule is C=N/C=C(C)\C=C(\F)CC(C)(C)Cc1cc(C)n(-c2c(C)cnc(-c3ccnc(C(=O)OCC)n3)c2F)c(=O)c1CC.CC. The van der Waals surface area contributed by atoms with Crippen LogP contribution in [0.4, 0.5) is 8.78 Å². The number of aliphatic imine (C=N–C) groups is 1. The fraction of sp³-hybridized carbons (Fsp3) is 0.412. The van der Waals surface area contributed by atoms with E-state index in [0.29, 0.717) is 35.2 Å². The zero-order valence-electron chi connectivity index (χ0n) is 27.2. The smallest absolute Gasteiger partial charge is 0.376 e. The summed E-state index contributed by atoms with van der Waals surface area (Å²) < 4.78 is 37.3. The number of carbonyl (C=O) groups is 1. The van der Waals surface area contributed by atoms with Crippen LogP contribution in [0.1, 0.15) is 87.9 Å². The van der Waals surface area contributed by atoms with Crippen LogP contribution in [0.15, 0.2) is 58.0 Å². The topological polar surface area (TPSA) is 99.3 Å². The molecule has 0 radical (unpaired) electrons. The van der Waals surface area contributed by atoms with Crippen molar-refractivity contribution in [1.29, 1.82) is 0 Å². The molecule has 236 valence electrons. The number of aromatic nitrogens is 4. The number of pyridine rings is 2. The third kappa shape index (κ3) is 8.61. The van der Waals surface area contributed by atoms with Crippen molar-refractivity contribution in [1.82, 2.24) is 19.5 Å². The summed E-state index contributed by atoms with van der Waals surface area (Å²) in [5, 5.41) is 0. The van der Waals surface area contributed by atoms with Crippen LogP contribution in [0.25, 0.3) is 17.1 Å². The Balaban J connectivity index is 0.00000330. The fourth-order valence-electron chi connectivity index (χ4n) is 4.97. The molecule has 0 saturated heterocycles. The van der Waals surface area contributed by atoms with Crippen molar-refractivity contribution in [2.45, 2.75) is 81.6 Å². The number of halogens is 2. The molecule has 0 aromatic carbocycles. The maximum atomic E-state index is 16.2. The molecule has 0 amide bonds. The standard InChI is InChI=1S/C32H37F2N5O3.C2H6/c1-9-24-22(15-32(6,7)16-23(33)13-19(3)17-35-8)14-21(5)39(30(24)40)28-20(4)18-37-27(26(28)34)25-11-12-36-29(38-25)31(41)42-10-2;1-2/h11-14,17-18H,8-10,15-16H2,1-7H3;1-2H3/b19-17-,23-13+;. The lowest BCUT2D eigenvalue weighted by molar-refractivity contribution is 0.0512. The zero-order valence-corrected chi connectivity index (χ0v) is 27.2. The highest BCUT2D eigenvalue weighted by atomic mass is 19.1. The first-order valence-electron chi connectivity index (χ1n) is 14.7. The fourth-order valence-corrected chi connectivity index (χ4v) is 4.97. The van der Waals surface area contributed by atoms with Crippen molar-refractivity contribution < 1.29 is 18.3 Å². The number of carbonyl (C=O) groups excluding carboxylic acids is 1. The monoisotopic (exact) mass is 607 g/mol. The van der Waals surface area contributed by atoms with Crippen LogP contribution >= 0.6 is 0 Å². The molecule has 0 atom stereocenters. The van der Waals surface area contributed by atoms with Gasteiger partial charge in [0.1, 0.15) is 11.5 Å². The van der Waals surface area contributed by atoms with Crippen molar-refractivity contribution in [2.24, 2.45) is 10.4 Å². The molecule has 0 spiro atoms. The van der Waals surface area contributed by atoms with Gasteiger partial charge in [-0.15, -0.1) is 0 Å². The van der Waals surface area contributed by atoms with E-state index in [2.05, 4.69) is 26.7 Å². The van der Waals surface area contributed by atoms with Crippen molar-refractivity contribution in [2.75, 3.05) is 6.61 Å². The highest BCUT2D eigenvalue weighted by Gasteiger charge is 2.26. The summed E-state index contributed by atoms with van der Waals surface area (Å²) in [5.41, 5.74) is 2.06. The second kappa shape index (κ2) is 15.9. The average Bonchev–Trinajstić information content (AvgIpc) is 2.95. The summed E-state index contributed by atoms with van der Waals surface area (Å²) in [4.78, 5) is 42.0. The van der Waals surface area contributed by atoms with Gasteiger partial charge in [-0.05, 0) is 87.6 Å². The highest BCUT2D eigenvalue weighted by Crippen LogP contribution is 2.33. The van der Waals surface area contributed by atoms with Gasteiger partial charge < -0.3 is 4.74 Å². The summed E-state index contributed by atoms with van der Waals surface area (Å²) in [6, 6.07) is 3.29. The largest absolute Gasteiger partial charge is 0.460 e. The van der Waals surface area contributed by atoms with Gasteiger partial charge in [-0.25, -0.2) is 23.5 Å². The molecule has 0 unspecified atom stereocenters. The summed E-state index contributed by atoms with van der Waals surface area (Å²) >= 11 is 0. The predicted octanol–water partition coefficient (Wildman–Crippen LogP) is 7.63. The van der Waals surface area contributed by atoms with Crippen molar-refractivity contribution >= 4 is 12.7 Å². The second-order valence-electron chi connectivity index (χ2n) is 10.9. The molecular weight excluding hydrogens is 564 g/mol. The van der Waals surface area contributed by atoms with Crippen LogP contribution < -0.4 is 5.56 Å². The van der Waals surface area contributed by atoms with Crippen LogP contribution in [0.2, 0.25) is 0 Å². The van der Waals surface area contributed by atoms with Gasteiger partial charge >= 0.3 is 5.97 Å². The Morgan fingerprint density at radius 3 is 2.50 bits per heavy atom. The molecule has 3 aromatic heterocycles. The van der Waals surface area contributed by atoms with E-state index in [9.17, 15) is 14.0 Å². The van der Waals surface area contributed by atoms with Gasteiger partial charge in [0.15, 0.2) is 5.82 Å². The van der Waals surface area contributed by atoms with Crippen LogP contribution in [-0.2, 0) is 17.6 Å². The molecule has 0 N–H and O–H groups in total. The van der Waals surface area contributed by atoms with E-state index in [1.165, 1.54) is 35.3 Å². The van der Waals surface area contributed by atoms with E-state index in [0.717, 1.165) is 5.56 Å². The summed E-state index contributed by atoms with van der Waals surface area (Å²) in [5.74, 6) is -2.01. The number of allylic oxidation sites excluding steroid dienone is 3. The first-order chi connectivity index (χ1) is 20.8. The van der Waals surface area contributed by atoms with Gasteiger partial charge in [0, 0.05) is 36.3 Å². The summed E-state index contributed by atoms with van der Waals surface area (Å²) in [6.07, 6.45) is 6.71. The number of rotatable bonds is 11. The normalized spacial score (nSPS) is 12.0. The first kappa shape index (κ1) is 35.9. The Morgan fingerprint density at radius 1 is 1.20 bits per heavy atom. The molecule has 0 saturated carbocycles. The highest BCUT2D eigenvalue weighted by molar-refractivity contribution is 5.85. The van der Waals surface area contributed by atoms with Gasteiger partial charge in [-0.3, -0.25) is 19.3 Å². The van der Waals surface area contributed by atoms with E-state index >= 15 is 4.39 Å². The van der Waals surface area contributed by atoms with E-state index in [4.69, 9.17) is 4.74 Å². The minimum Gasteiger partial charge on any atom is -0.460 e. The van der Waals surface area contributed by atoms with Gasteiger partial charge in [-0.2, -0.15) is 0 Å². The Kier molecular flexibility index (Phi) is 13.0. The molecule has 0 bridgehead atoms. The van der Waals surface area contributed by atoms with Gasteiger partial charge in [0.25, 0.3) is 5.56 Å². The molecule has 0 aliphatic heterocycles. The Hall–Kier alpha value is -4.34. The zero-order chi connectivity index (χ0) is 33.2. The van der Waals surface area contributed by atoms with Crippen LogP contribution in [0.5, 0.6) is 0 Å². The van der Waals surface area contributed by atoms with Crippen LogP contribution in [0.3, 0.4) is 0 Å². The molecule has 8 nitrogen and oxygen atoms in total. The van der Waals surface area contributed by atoms with Gasteiger partial charge in [0.05, 0.1) is 18.0 Å². The van der Waals surface area contributed by atoms with Crippen LogP contribution in [-0.4, -0.2) is 38.8 Å². The van der Waals surface area contributed by atoms with E-state index in [-0.39, 0.29) is 47.3 Å². The Morgan fingerprint density at radius 2 is 1.89 bits per heavy atom. The average molecular weight is 608 g/mol. The predicted molar refractivity (Wildman–Crippen MR) is 172 cm³/mol. The number of aryl methyl sites for hydroxylation is 2. The number of hydrogen-bond donors (Lipinski definition) is 0. The number of esters is 1. The third-order valence-electron chi connectivity index (χ3n) is 6.69. The molecule has 3 aromatic rings. The van der Waals surface area contributed by atoms with E-state index in [1.807, 2.05) is 40.7 Å². The van der Waals surface area contributed by atoms with Gasteiger partial charge in [0.2, 0.25) is 5.82 Å². The third-order valence-corrected chi connectivity index (χ3v) is 6.69. The van der Waals surface area contributed by atoms with Crippen molar-refractivity contribution in [3.8, 4) is 17.1 Å². The second-order valence-corrected chi connectivity index (χ2v) is 10.9. The molecular formula is C34H43F2N5O3. The summed E-state index contributed by atoms with van der Waals surface area (Å²) in [7, 11) is 0. The molecule has 0 aliphatic carbocycles. The summed E-state index contributed by atoms with van der Waals surface area (Å²) in [6.45, 7) is 20.1. The number of hydrogen-bond acceptors (Lipinski definition) is 7. The molecule has 44 heavy (non-hydrogen) atoms. The molecule has 0 aliphatic rings. The number of ether oxygens (including phenoxy) is 1. The molecule has 3 heterocycles. The first-order valence-corrected chi connectivity index (χ1v) is 14.7. The molecule has 0 fully saturated rings. The van der Waals surface area contributed by atoms with Crippen molar-refractivity contribution in [3.63, 3.8) is 0 Å². The maximum Gasteiger partial charge on any atom is 0.376 e. The lowest BCUT2D eigenvalue weighted by Crippen LogP contribution is -2.29. The molecule has 10 heteroatoms. The van der Waals surface area contributed by atoms with Gasteiger partial charge in [-0.1, -0.05) is 34.6 Å². The Bertz CT molecular complexity index is 1620. The van der Waals surface area contributed by atoms with E-state index < -0.39 is 17.2 Å². The Labute approximate surface area is 258 Å². The molecule has 3 rings (SSSR count). The maximum absolute atomic E-state index is 16.2. The quantitative estimate of drug-likeness (QED) is 0.126. The lowest BCUT2D eigenvalue weighted by atomic mass is 9.80. The van der Waals surface area contributed by atoms with Crippen molar-refractivity contribution in [3.05, 3.63) is 92.6 Å². The number of nitrogens with zero attached hydrogens (tertiary/aromatic N) is 5. The van der Waals surface area contributed by atoms with E-state index in [1.54, 1.807) is 27.7 Å².